The summed E-state index contributed by atoms with van der Waals surface area (Å²) < 4.78 is 23.5. The molecule has 0 aromatic heterocycles. The van der Waals surface area contributed by atoms with E-state index in [-0.39, 0.29) is 17.3 Å². The molecule has 6 heteroatoms. The molecule has 2 aromatic rings. The molecule has 1 fully saturated rings. The lowest BCUT2D eigenvalue weighted by Gasteiger charge is -2.17. The summed E-state index contributed by atoms with van der Waals surface area (Å²) in [5, 5.41) is 5.68. The van der Waals surface area contributed by atoms with Gasteiger partial charge in [0.2, 0.25) is 0 Å². The van der Waals surface area contributed by atoms with Gasteiger partial charge in [-0.25, -0.2) is 9.18 Å². The predicted octanol–water partition coefficient (Wildman–Crippen LogP) is 3.70. The number of hydrogen-bond acceptors (Lipinski definition) is 3. The molecule has 0 radical (unpaired) electrons. The van der Waals surface area contributed by atoms with Crippen molar-refractivity contribution in [2.45, 2.75) is 18.3 Å². The van der Waals surface area contributed by atoms with E-state index in [9.17, 15) is 9.18 Å². The van der Waals surface area contributed by atoms with Crippen molar-refractivity contribution in [3.05, 3.63) is 53.8 Å². The molecule has 0 atom stereocenters. The molecular formula is C19H21FN2O3. The van der Waals surface area contributed by atoms with E-state index in [0.29, 0.717) is 23.7 Å². The Kier molecular flexibility index (Phi) is 4.79. The van der Waals surface area contributed by atoms with Gasteiger partial charge in [0.15, 0.2) is 0 Å². The third kappa shape index (κ3) is 4.02. The first-order valence-corrected chi connectivity index (χ1v) is 8.09. The van der Waals surface area contributed by atoms with Crippen molar-refractivity contribution in [2.75, 3.05) is 26.1 Å². The molecule has 0 aliphatic heterocycles. The second-order valence-corrected chi connectivity index (χ2v) is 6.20. The van der Waals surface area contributed by atoms with Gasteiger partial charge in [0.25, 0.3) is 0 Å². The van der Waals surface area contributed by atoms with Gasteiger partial charge in [-0.05, 0) is 30.5 Å². The van der Waals surface area contributed by atoms with E-state index >= 15 is 0 Å². The maximum atomic E-state index is 13.1. The van der Waals surface area contributed by atoms with Crippen molar-refractivity contribution in [3.8, 4) is 11.5 Å². The Bertz CT molecular complexity index is 736. The molecule has 132 valence electrons. The average molecular weight is 344 g/mol. The molecule has 0 unspecified atom stereocenters. The van der Waals surface area contributed by atoms with Crippen LogP contribution in [0.5, 0.6) is 11.5 Å². The zero-order valence-corrected chi connectivity index (χ0v) is 14.3. The number of nitrogens with one attached hydrogen (secondary N) is 2. The fraction of sp³-hybridized carbons (Fsp3) is 0.316. The molecule has 0 bridgehead atoms. The number of rotatable bonds is 6. The minimum atomic E-state index is -0.302. The van der Waals surface area contributed by atoms with Crippen LogP contribution in [-0.4, -0.2) is 26.8 Å². The lowest BCUT2D eigenvalue weighted by atomic mass is 9.96. The second kappa shape index (κ2) is 7.01. The molecule has 0 spiro atoms. The SMILES string of the molecule is COc1cc(NC(=O)NCC2(c3ccc(F)cc3)CC2)cc(OC)c1. The average Bonchev–Trinajstić information content (AvgIpc) is 3.41. The van der Waals surface area contributed by atoms with Gasteiger partial charge in [-0.15, -0.1) is 0 Å². The van der Waals surface area contributed by atoms with Crippen LogP contribution < -0.4 is 20.1 Å². The van der Waals surface area contributed by atoms with E-state index in [1.165, 1.54) is 12.1 Å². The molecule has 0 heterocycles. The first-order valence-electron chi connectivity index (χ1n) is 8.09. The van der Waals surface area contributed by atoms with E-state index in [1.807, 2.05) is 0 Å². The maximum absolute atomic E-state index is 13.1. The van der Waals surface area contributed by atoms with E-state index < -0.39 is 0 Å². The summed E-state index contributed by atoms with van der Waals surface area (Å²) in [6.07, 6.45) is 1.96. The summed E-state index contributed by atoms with van der Waals surface area (Å²) in [7, 11) is 3.11. The van der Waals surface area contributed by atoms with Gasteiger partial charge in [0.1, 0.15) is 17.3 Å². The van der Waals surface area contributed by atoms with Crippen LogP contribution in [0.3, 0.4) is 0 Å². The Hall–Kier alpha value is -2.76. The van der Waals surface area contributed by atoms with Crippen molar-refractivity contribution in [1.29, 1.82) is 0 Å². The van der Waals surface area contributed by atoms with Gasteiger partial charge < -0.3 is 20.1 Å². The summed E-state index contributed by atoms with van der Waals surface area (Å²) in [6.45, 7) is 0.506. The van der Waals surface area contributed by atoms with Crippen molar-refractivity contribution >= 4 is 11.7 Å². The third-order valence-corrected chi connectivity index (χ3v) is 4.51. The number of benzene rings is 2. The van der Waals surface area contributed by atoms with Crippen LogP contribution in [0.2, 0.25) is 0 Å². The molecule has 1 aliphatic carbocycles. The quantitative estimate of drug-likeness (QED) is 0.840. The normalized spacial score (nSPS) is 14.5. The van der Waals surface area contributed by atoms with E-state index in [1.54, 1.807) is 44.6 Å². The molecule has 0 saturated heterocycles. The number of carbonyl (C=O) groups is 1. The van der Waals surface area contributed by atoms with Crippen LogP contribution in [0.1, 0.15) is 18.4 Å². The maximum Gasteiger partial charge on any atom is 0.319 e. The number of anilines is 1. The monoisotopic (exact) mass is 344 g/mol. The Morgan fingerprint density at radius 1 is 1.08 bits per heavy atom. The summed E-state index contributed by atoms with van der Waals surface area (Å²) in [5.41, 5.74) is 1.55. The zero-order chi connectivity index (χ0) is 17.9. The highest BCUT2D eigenvalue weighted by Crippen LogP contribution is 2.47. The number of urea groups is 1. The van der Waals surface area contributed by atoms with Gasteiger partial charge in [0.05, 0.1) is 14.2 Å². The fourth-order valence-corrected chi connectivity index (χ4v) is 2.83. The highest BCUT2D eigenvalue weighted by Gasteiger charge is 2.44. The number of halogens is 1. The summed E-state index contributed by atoms with van der Waals surface area (Å²) >= 11 is 0. The standard InChI is InChI=1S/C19H21FN2O3/c1-24-16-9-15(10-17(11-16)25-2)22-18(23)21-12-19(7-8-19)13-3-5-14(20)6-4-13/h3-6,9-11H,7-8,12H2,1-2H3,(H2,21,22,23). The van der Waals surface area contributed by atoms with Gasteiger partial charge in [-0.3, -0.25) is 0 Å². The highest BCUT2D eigenvalue weighted by molar-refractivity contribution is 5.89. The van der Waals surface area contributed by atoms with Gasteiger partial charge >= 0.3 is 6.03 Å². The first kappa shape index (κ1) is 17.1. The van der Waals surface area contributed by atoms with Crippen molar-refractivity contribution in [3.63, 3.8) is 0 Å². The molecule has 2 N–H and O–H groups in total. The molecule has 3 rings (SSSR count). The van der Waals surface area contributed by atoms with Crippen molar-refractivity contribution in [2.24, 2.45) is 0 Å². The largest absolute Gasteiger partial charge is 0.497 e. The Morgan fingerprint density at radius 2 is 1.68 bits per heavy atom. The Morgan fingerprint density at radius 3 is 2.20 bits per heavy atom. The Labute approximate surface area is 146 Å². The van der Waals surface area contributed by atoms with Crippen molar-refractivity contribution in [1.82, 2.24) is 5.32 Å². The predicted molar refractivity (Wildman–Crippen MR) is 93.9 cm³/mol. The lowest BCUT2D eigenvalue weighted by molar-refractivity contribution is 0.251. The summed E-state index contributed by atoms with van der Waals surface area (Å²) in [6, 6.07) is 11.4. The van der Waals surface area contributed by atoms with E-state index in [2.05, 4.69) is 10.6 Å². The topological polar surface area (TPSA) is 59.6 Å². The van der Waals surface area contributed by atoms with E-state index in [4.69, 9.17) is 9.47 Å². The van der Waals surface area contributed by atoms with Crippen LogP contribution in [0.4, 0.5) is 14.9 Å². The Balaban J connectivity index is 1.61. The molecule has 2 amide bonds. The number of methoxy groups -OCH3 is 2. The van der Waals surface area contributed by atoms with Gasteiger partial charge in [0, 0.05) is 35.8 Å². The van der Waals surface area contributed by atoms with Crippen LogP contribution in [0, 0.1) is 5.82 Å². The highest BCUT2D eigenvalue weighted by atomic mass is 19.1. The third-order valence-electron chi connectivity index (χ3n) is 4.51. The number of amides is 2. The lowest BCUT2D eigenvalue weighted by Crippen LogP contribution is -2.35. The van der Waals surface area contributed by atoms with Crippen LogP contribution >= 0.6 is 0 Å². The van der Waals surface area contributed by atoms with Crippen LogP contribution in [-0.2, 0) is 5.41 Å². The van der Waals surface area contributed by atoms with Gasteiger partial charge in [-0.2, -0.15) is 0 Å². The minimum absolute atomic E-state index is 0.0862. The smallest absolute Gasteiger partial charge is 0.319 e. The van der Waals surface area contributed by atoms with Crippen molar-refractivity contribution < 1.29 is 18.7 Å². The fourth-order valence-electron chi connectivity index (χ4n) is 2.83. The van der Waals surface area contributed by atoms with Crippen LogP contribution in [0.15, 0.2) is 42.5 Å². The molecule has 1 aliphatic rings. The molecular weight excluding hydrogens is 323 g/mol. The molecule has 1 saturated carbocycles. The molecule has 25 heavy (non-hydrogen) atoms. The molecule has 5 nitrogen and oxygen atoms in total. The summed E-state index contributed by atoms with van der Waals surface area (Å²) in [4.78, 5) is 12.2. The second-order valence-electron chi connectivity index (χ2n) is 6.20. The molecule has 2 aromatic carbocycles. The number of hydrogen-bond donors (Lipinski definition) is 2. The number of carbonyl (C=O) groups excluding carboxylic acids is 1. The summed E-state index contributed by atoms with van der Waals surface area (Å²) in [5.74, 6) is 0.941. The first-order chi connectivity index (χ1) is 12.0. The van der Waals surface area contributed by atoms with Gasteiger partial charge in [-0.1, -0.05) is 12.1 Å². The van der Waals surface area contributed by atoms with E-state index in [0.717, 1.165) is 18.4 Å². The zero-order valence-electron chi connectivity index (χ0n) is 14.3. The minimum Gasteiger partial charge on any atom is -0.497 e. The number of ether oxygens (including phenoxy) is 2. The van der Waals surface area contributed by atoms with Crippen LogP contribution in [0.25, 0.3) is 0 Å².